The minimum Gasteiger partial charge on any atom is -0.497 e. The molecule has 0 amide bonds. The molecule has 0 aliphatic rings. The van der Waals surface area contributed by atoms with Gasteiger partial charge in [-0.2, -0.15) is 0 Å². The van der Waals surface area contributed by atoms with Crippen LogP contribution in [0, 0.1) is 6.92 Å². The maximum absolute atomic E-state index is 5.73. The van der Waals surface area contributed by atoms with E-state index in [9.17, 15) is 0 Å². The molecular weight excluding hydrogens is 328 g/mol. The fraction of sp³-hybridized carbons (Fsp3) is 0.294. The summed E-state index contributed by atoms with van der Waals surface area (Å²) >= 11 is 3.62. The summed E-state index contributed by atoms with van der Waals surface area (Å²) in [6.07, 6.45) is 1.89. The lowest BCUT2D eigenvalue weighted by molar-refractivity contribution is 0.414. The number of methoxy groups -OCH3 is 1. The summed E-state index contributed by atoms with van der Waals surface area (Å²) in [7, 11) is 1.68. The monoisotopic (exact) mass is 348 g/mol. The molecule has 0 saturated heterocycles. The molecule has 0 fully saturated rings. The van der Waals surface area contributed by atoms with Crippen molar-refractivity contribution in [1.29, 1.82) is 0 Å². The van der Waals surface area contributed by atoms with Crippen molar-refractivity contribution in [2.24, 2.45) is 5.84 Å². The molecule has 2 aromatic rings. The molecule has 0 aliphatic carbocycles. The molecule has 1 unspecified atom stereocenters. The zero-order valence-corrected chi connectivity index (χ0v) is 14.0. The van der Waals surface area contributed by atoms with Gasteiger partial charge in [-0.1, -0.05) is 40.2 Å². The third kappa shape index (κ3) is 4.30. The second-order valence-corrected chi connectivity index (χ2v) is 5.99. The van der Waals surface area contributed by atoms with Crippen LogP contribution in [-0.4, -0.2) is 7.11 Å². The Kier molecular flexibility index (Phi) is 5.79. The van der Waals surface area contributed by atoms with Gasteiger partial charge in [-0.3, -0.25) is 11.3 Å². The summed E-state index contributed by atoms with van der Waals surface area (Å²) in [6, 6.07) is 14.6. The van der Waals surface area contributed by atoms with Gasteiger partial charge in [0.05, 0.1) is 7.11 Å². The summed E-state index contributed by atoms with van der Waals surface area (Å²) in [5.74, 6) is 6.61. The van der Waals surface area contributed by atoms with E-state index in [0.717, 1.165) is 23.1 Å². The van der Waals surface area contributed by atoms with Crippen LogP contribution >= 0.6 is 15.9 Å². The van der Waals surface area contributed by atoms with Crippen LogP contribution in [0.1, 0.15) is 29.2 Å². The van der Waals surface area contributed by atoms with Crippen LogP contribution in [0.4, 0.5) is 0 Å². The first-order valence-electron chi connectivity index (χ1n) is 6.99. The SMILES string of the molecule is COc1ccc(CCC(NN)c2ccc(C)cc2Br)cc1. The molecule has 112 valence electrons. The maximum Gasteiger partial charge on any atom is 0.118 e. The van der Waals surface area contributed by atoms with Gasteiger partial charge < -0.3 is 4.74 Å². The number of hydrogen-bond acceptors (Lipinski definition) is 3. The Balaban J connectivity index is 2.04. The average Bonchev–Trinajstić information content (AvgIpc) is 2.50. The maximum atomic E-state index is 5.73. The largest absolute Gasteiger partial charge is 0.497 e. The molecule has 3 N–H and O–H groups in total. The van der Waals surface area contributed by atoms with Gasteiger partial charge in [0, 0.05) is 10.5 Å². The first-order valence-corrected chi connectivity index (χ1v) is 7.78. The van der Waals surface area contributed by atoms with E-state index < -0.39 is 0 Å². The zero-order valence-electron chi connectivity index (χ0n) is 12.4. The van der Waals surface area contributed by atoms with Crippen molar-refractivity contribution in [3.05, 3.63) is 63.6 Å². The molecule has 2 rings (SSSR count). The van der Waals surface area contributed by atoms with Crippen LogP contribution in [0.5, 0.6) is 5.75 Å². The number of aryl methyl sites for hydroxylation is 2. The van der Waals surface area contributed by atoms with E-state index in [-0.39, 0.29) is 6.04 Å². The van der Waals surface area contributed by atoms with Crippen molar-refractivity contribution >= 4 is 15.9 Å². The number of benzene rings is 2. The van der Waals surface area contributed by atoms with Gasteiger partial charge in [0.15, 0.2) is 0 Å². The molecule has 2 aromatic carbocycles. The Morgan fingerprint density at radius 2 is 1.90 bits per heavy atom. The van der Waals surface area contributed by atoms with Crippen LogP contribution in [0.15, 0.2) is 46.9 Å². The van der Waals surface area contributed by atoms with Crippen molar-refractivity contribution in [2.75, 3.05) is 7.11 Å². The summed E-state index contributed by atoms with van der Waals surface area (Å²) in [5, 5.41) is 0. The Hall–Kier alpha value is -1.36. The lowest BCUT2D eigenvalue weighted by atomic mass is 9.98. The number of hydrogen-bond donors (Lipinski definition) is 2. The molecule has 0 spiro atoms. The van der Waals surface area contributed by atoms with Gasteiger partial charge in [0.25, 0.3) is 0 Å². The average molecular weight is 349 g/mol. The second-order valence-electron chi connectivity index (χ2n) is 5.13. The van der Waals surface area contributed by atoms with E-state index in [1.54, 1.807) is 7.11 Å². The summed E-state index contributed by atoms with van der Waals surface area (Å²) in [5.41, 5.74) is 6.62. The molecular formula is C17H21BrN2O. The van der Waals surface area contributed by atoms with Crippen molar-refractivity contribution in [2.45, 2.75) is 25.8 Å². The van der Waals surface area contributed by atoms with Crippen molar-refractivity contribution in [3.8, 4) is 5.75 Å². The van der Waals surface area contributed by atoms with Gasteiger partial charge >= 0.3 is 0 Å². The predicted molar refractivity (Wildman–Crippen MR) is 90.3 cm³/mol. The van der Waals surface area contributed by atoms with E-state index in [0.29, 0.717) is 0 Å². The standard InChI is InChI=1S/C17H21BrN2O/c1-12-3-9-15(16(18)11-12)17(20-19)10-6-13-4-7-14(21-2)8-5-13/h3-5,7-9,11,17,20H,6,10,19H2,1-2H3. The molecule has 0 saturated carbocycles. The third-order valence-electron chi connectivity index (χ3n) is 3.61. The molecule has 0 heterocycles. The quantitative estimate of drug-likeness (QED) is 0.614. The number of rotatable bonds is 6. The molecule has 0 aliphatic heterocycles. The highest BCUT2D eigenvalue weighted by atomic mass is 79.9. The number of nitrogens with one attached hydrogen (secondary N) is 1. The number of halogens is 1. The van der Waals surface area contributed by atoms with E-state index in [4.69, 9.17) is 10.6 Å². The smallest absolute Gasteiger partial charge is 0.118 e. The molecule has 0 radical (unpaired) electrons. The fourth-order valence-electron chi connectivity index (χ4n) is 2.35. The van der Waals surface area contributed by atoms with E-state index >= 15 is 0 Å². The molecule has 1 atom stereocenters. The van der Waals surface area contributed by atoms with Crippen molar-refractivity contribution in [1.82, 2.24) is 5.43 Å². The van der Waals surface area contributed by atoms with Gasteiger partial charge in [0.2, 0.25) is 0 Å². The second kappa shape index (κ2) is 7.59. The Morgan fingerprint density at radius 3 is 2.48 bits per heavy atom. The van der Waals surface area contributed by atoms with Crippen LogP contribution in [0.2, 0.25) is 0 Å². The van der Waals surface area contributed by atoms with E-state index in [1.165, 1.54) is 16.7 Å². The van der Waals surface area contributed by atoms with Crippen LogP contribution in [0.25, 0.3) is 0 Å². The van der Waals surface area contributed by atoms with Crippen molar-refractivity contribution < 1.29 is 4.74 Å². The van der Waals surface area contributed by atoms with Crippen LogP contribution < -0.4 is 16.0 Å². The number of hydrazine groups is 1. The Bertz CT molecular complexity index is 584. The highest BCUT2D eigenvalue weighted by Gasteiger charge is 2.13. The molecule has 0 bridgehead atoms. The highest BCUT2D eigenvalue weighted by molar-refractivity contribution is 9.10. The highest BCUT2D eigenvalue weighted by Crippen LogP contribution is 2.27. The molecule has 4 heteroatoms. The number of ether oxygens (including phenoxy) is 1. The summed E-state index contributed by atoms with van der Waals surface area (Å²) < 4.78 is 6.27. The van der Waals surface area contributed by atoms with Crippen LogP contribution in [-0.2, 0) is 6.42 Å². The molecule has 21 heavy (non-hydrogen) atoms. The lowest BCUT2D eigenvalue weighted by Crippen LogP contribution is -2.28. The minimum absolute atomic E-state index is 0.127. The van der Waals surface area contributed by atoms with Gasteiger partial charge in [-0.25, -0.2) is 0 Å². The number of nitrogens with two attached hydrogens (primary N) is 1. The summed E-state index contributed by atoms with van der Waals surface area (Å²) in [4.78, 5) is 0. The van der Waals surface area contributed by atoms with Gasteiger partial charge in [-0.15, -0.1) is 0 Å². The Labute approximate surface area is 134 Å². The first-order chi connectivity index (χ1) is 10.1. The molecule has 3 nitrogen and oxygen atoms in total. The van der Waals surface area contributed by atoms with Crippen molar-refractivity contribution in [3.63, 3.8) is 0 Å². The predicted octanol–water partition coefficient (Wildman–Crippen LogP) is 3.90. The topological polar surface area (TPSA) is 47.3 Å². The van der Waals surface area contributed by atoms with E-state index in [2.05, 4.69) is 58.6 Å². The minimum atomic E-state index is 0.127. The first kappa shape index (κ1) is 16.0. The zero-order chi connectivity index (χ0) is 15.2. The normalized spacial score (nSPS) is 12.2. The lowest BCUT2D eigenvalue weighted by Gasteiger charge is -2.18. The van der Waals surface area contributed by atoms with Crippen LogP contribution in [0.3, 0.4) is 0 Å². The van der Waals surface area contributed by atoms with Gasteiger partial charge in [-0.05, 0) is 54.7 Å². The molecule has 0 aromatic heterocycles. The van der Waals surface area contributed by atoms with E-state index in [1.807, 2.05) is 12.1 Å². The summed E-state index contributed by atoms with van der Waals surface area (Å²) in [6.45, 7) is 2.08. The fourth-order valence-corrected chi connectivity index (χ4v) is 3.12. The third-order valence-corrected chi connectivity index (χ3v) is 4.30. The van der Waals surface area contributed by atoms with Gasteiger partial charge in [0.1, 0.15) is 5.75 Å². The Morgan fingerprint density at radius 1 is 1.19 bits per heavy atom.